The van der Waals surface area contributed by atoms with E-state index in [2.05, 4.69) is 55.9 Å². The van der Waals surface area contributed by atoms with Crippen molar-refractivity contribution in [3.05, 3.63) is 88.7 Å². The number of H-pyrrole nitrogens is 1. The highest BCUT2D eigenvalue weighted by Crippen LogP contribution is 2.52. The molecule has 5 aliphatic heterocycles. The van der Waals surface area contributed by atoms with E-state index in [-0.39, 0.29) is 30.2 Å². The Bertz CT molecular complexity index is 3210. The van der Waals surface area contributed by atoms with Crippen LogP contribution in [0.4, 0.5) is 43.3 Å². The van der Waals surface area contributed by atoms with Gasteiger partial charge in [-0.2, -0.15) is 9.97 Å². The summed E-state index contributed by atoms with van der Waals surface area (Å²) in [5.41, 5.74) is 7.28. The van der Waals surface area contributed by atoms with Gasteiger partial charge in [-0.3, -0.25) is 29.6 Å². The van der Waals surface area contributed by atoms with Crippen LogP contribution in [0.3, 0.4) is 0 Å². The lowest BCUT2D eigenvalue weighted by Gasteiger charge is -2.44. The SMILES string of the molecule is CCc1cc(Nc2nc(Nc3ccc4nc(C)cc(P5(=O)CCCC5)c4c3)c3cc(C)[nH]c3n2)c(OC)cc1N1CCC(N2CCN(C(=O)[C@@H]3CCN(c4cc(F)c(C5CCC(=O)NC5=O)c(F)c4)C3)CC2)CC1. The first-order valence-corrected chi connectivity index (χ1v) is 28.3. The van der Waals surface area contributed by atoms with Gasteiger partial charge >= 0.3 is 0 Å². The molecule has 0 aliphatic carbocycles. The third kappa shape index (κ3) is 9.66. The summed E-state index contributed by atoms with van der Waals surface area (Å²) in [4.78, 5) is 64.6. The van der Waals surface area contributed by atoms with Gasteiger partial charge in [0.25, 0.3) is 0 Å². The molecule has 388 valence electrons. The van der Waals surface area contributed by atoms with Gasteiger partial charge in [0.2, 0.25) is 23.7 Å². The number of piperidine rings is 2. The van der Waals surface area contributed by atoms with E-state index in [1.807, 2.05) is 47.9 Å². The summed E-state index contributed by atoms with van der Waals surface area (Å²) in [5.74, 6) is -2.31. The quantitative estimate of drug-likeness (QED) is 0.0679. The smallest absolute Gasteiger partial charge is 0.234 e. The van der Waals surface area contributed by atoms with Crippen LogP contribution < -0.4 is 35.8 Å². The highest BCUT2D eigenvalue weighted by Gasteiger charge is 2.38. The van der Waals surface area contributed by atoms with E-state index in [0.717, 1.165) is 121 Å². The van der Waals surface area contributed by atoms with Crippen molar-refractivity contribution < 1.29 is 32.5 Å². The molecule has 0 spiro atoms. The number of aromatic nitrogens is 4. The molecule has 6 aromatic rings. The minimum Gasteiger partial charge on any atom is -0.494 e. The van der Waals surface area contributed by atoms with E-state index >= 15 is 8.78 Å². The molecular weight excluding hydrogens is 964 g/mol. The van der Waals surface area contributed by atoms with E-state index < -0.39 is 36.5 Å². The zero-order valence-electron chi connectivity index (χ0n) is 42.5. The topological polar surface area (TPSA) is 181 Å². The maximum Gasteiger partial charge on any atom is 0.234 e. The average Bonchev–Trinajstić information content (AvgIpc) is 4.17. The zero-order valence-corrected chi connectivity index (χ0v) is 43.4. The van der Waals surface area contributed by atoms with Crippen LogP contribution in [0.1, 0.15) is 80.3 Å². The van der Waals surface area contributed by atoms with E-state index in [0.29, 0.717) is 67.5 Å². The van der Waals surface area contributed by atoms with Crippen LogP contribution in [0.2, 0.25) is 0 Å². The molecule has 3 aromatic heterocycles. The predicted octanol–water partition coefficient (Wildman–Crippen LogP) is 8.40. The number of hydrogen-bond donors (Lipinski definition) is 4. The maximum absolute atomic E-state index is 15.3. The van der Waals surface area contributed by atoms with Gasteiger partial charge in [-0.15, -0.1) is 0 Å². The van der Waals surface area contributed by atoms with E-state index in [9.17, 15) is 18.9 Å². The van der Waals surface area contributed by atoms with Gasteiger partial charge in [0.05, 0.1) is 35.5 Å². The number of piperazine rings is 1. The number of methoxy groups -OCH3 is 1. The molecule has 4 N–H and O–H groups in total. The van der Waals surface area contributed by atoms with Crippen molar-refractivity contribution >= 4 is 86.6 Å². The van der Waals surface area contributed by atoms with Crippen LogP contribution in [0.5, 0.6) is 5.75 Å². The van der Waals surface area contributed by atoms with Crippen LogP contribution in [-0.4, -0.2) is 125 Å². The Morgan fingerprint density at radius 3 is 2.30 bits per heavy atom. The van der Waals surface area contributed by atoms with Gasteiger partial charge in [-0.1, -0.05) is 6.92 Å². The summed E-state index contributed by atoms with van der Waals surface area (Å²) >= 11 is 0. The van der Waals surface area contributed by atoms with Gasteiger partial charge in [0.1, 0.15) is 36.0 Å². The molecule has 1 unspecified atom stereocenters. The van der Waals surface area contributed by atoms with Gasteiger partial charge in [0.15, 0.2) is 0 Å². The fraction of sp³-hybridized carbons (Fsp3) is 0.455. The van der Waals surface area contributed by atoms with Crippen LogP contribution in [0, 0.1) is 31.4 Å². The van der Waals surface area contributed by atoms with E-state index in [1.165, 1.54) is 17.7 Å². The summed E-state index contributed by atoms with van der Waals surface area (Å²) < 4.78 is 50.9. The maximum atomic E-state index is 15.3. The van der Waals surface area contributed by atoms with E-state index in [4.69, 9.17) is 19.7 Å². The molecule has 0 bridgehead atoms. The number of fused-ring (bicyclic) bond motifs is 2. The van der Waals surface area contributed by atoms with E-state index in [1.54, 1.807) is 7.11 Å². The number of benzene rings is 3. The van der Waals surface area contributed by atoms with Crippen molar-refractivity contribution in [2.75, 3.05) is 92.2 Å². The average molecular weight is 1030 g/mol. The number of rotatable bonds is 12. The number of aryl methyl sites for hydroxylation is 3. The van der Waals surface area contributed by atoms with Gasteiger partial charge in [0, 0.05) is 128 Å². The molecule has 8 heterocycles. The van der Waals surface area contributed by atoms with Crippen molar-refractivity contribution in [3.8, 4) is 5.75 Å². The molecule has 5 aliphatic rings. The zero-order chi connectivity index (χ0) is 51.4. The second-order valence-corrected chi connectivity index (χ2v) is 23.9. The Balaban J connectivity index is 0.718. The fourth-order valence-electron chi connectivity index (χ4n) is 12.1. The molecule has 16 nitrogen and oxygen atoms in total. The molecule has 2 atom stereocenters. The molecule has 19 heteroatoms. The number of nitrogens with one attached hydrogen (secondary N) is 4. The summed E-state index contributed by atoms with van der Waals surface area (Å²) in [6.45, 7) is 11.6. The summed E-state index contributed by atoms with van der Waals surface area (Å²) in [6, 6.07) is 17.2. The summed E-state index contributed by atoms with van der Waals surface area (Å²) in [6.07, 6.45) is 6.89. The normalized spacial score (nSPS) is 20.7. The summed E-state index contributed by atoms with van der Waals surface area (Å²) in [7, 11) is -0.821. The largest absolute Gasteiger partial charge is 0.494 e. The van der Waals surface area contributed by atoms with Gasteiger partial charge in [-0.05, 0) is 113 Å². The van der Waals surface area contributed by atoms with Crippen molar-refractivity contribution in [2.45, 2.75) is 84.1 Å². The molecule has 11 rings (SSSR count). The molecule has 5 saturated heterocycles. The Morgan fingerprint density at radius 1 is 0.838 bits per heavy atom. The predicted molar refractivity (Wildman–Crippen MR) is 285 cm³/mol. The third-order valence-electron chi connectivity index (χ3n) is 16.1. The Morgan fingerprint density at radius 2 is 1.58 bits per heavy atom. The second-order valence-electron chi connectivity index (χ2n) is 20.8. The minimum atomic E-state index is -2.50. The number of carbonyl (C=O) groups excluding carboxylic acids is 3. The number of halogens is 2. The number of aromatic amines is 1. The first-order chi connectivity index (χ1) is 35.7. The molecule has 5 fully saturated rings. The van der Waals surface area contributed by atoms with Crippen molar-refractivity contribution in [2.24, 2.45) is 5.92 Å². The lowest BCUT2D eigenvalue weighted by atomic mass is 9.89. The number of amides is 3. The first kappa shape index (κ1) is 49.6. The van der Waals surface area contributed by atoms with Crippen LogP contribution in [0.15, 0.2) is 54.6 Å². The Labute approximate surface area is 429 Å². The number of imide groups is 1. The minimum absolute atomic E-state index is 0.0270. The highest BCUT2D eigenvalue weighted by atomic mass is 31.2. The highest BCUT2D eigenvalue weighted by molar-refractivity contribution is 7.72. The van der Waals surface area contributed by atoms with Gasteiger partial charge in [-0.25, -0.2) is 8.78 Å². The Kier molecular flexibility index (Phi) is 13.5. The van der Waals surface area contributed by atoms with Crippen LogP contribution in [0.25, 0.3) is 21.9 Å². The summed E-state index contributed by atoms with van der Waals surface area (Å²) in [5, 5.41) is 11.9. The number of carbonyl (C=O) groups is 3. The van der Waals surface area contributed by atoms with Gasteiger partial charge < -0.3 is 39.6 Å². The standard InChI is InChI=1S/C55H64F2N11O5P/c1-5-34-26-45(61-55-63-51-41(24-32(2)59-51)52(64-55)60-36-8-10-44-40(27-36)48(25-33(3)58-44)74(72)22-6-7-23-74)47(73-4)30-46(34)66-16-13-37(14-17-66)65-18-20-67(21-19-65)54(71)35-12-15-68(31-35)38-28-42(56)50(43(57)29-38)39-9-11-49(69)62-53(39)70/h8,10,24-30,35,37,39H,5-7,9,11-23,31H2,1-4H3,(H,62,69,70)(H3,59,60,61,63,64)/t35-,39?/m1/s1. The molecule has 74 heavy (non-hydrogen) atoms. The lowest BCUT2D eigenvalue weighted by molar-refractivity contribution is -0.137. The number of pyridine rings is 1. The molecule has 0 radical (unpaired) electrons. The van der Waals surface area contributed by atoms with Crippen LogP contribution in [-0.2, 0) is 25.4 Å². The van der Waals surface area contributed by atoms with Crippen molar-refractivity contribution in [3.63, 3.8) is 0 Å². The first-order valence-electron chi connectivity index (χ1n) is 26.2. The number of anilines is 6. The number of nitrogens with zero attached hydrogens (tertiary/aromatic N) is 7. The number of ether oxygens (including phenoxy) is 1. The monoisotopic (exact) mass is 1030 g/mol. The van der Waals surface area contributed by atoms with Crippen LogP contribution >= 0.6 is 7.14 Å². The lowest BCUT2D eigenvalue weighted by Crippen LogP contribution is -2.55. The van der Waals surface area contributed by atoms with Crippen molar-refractivity contribution in [1.29, 1.82) is 0 Å². The third-order valence-corrected chi connectivity index (χ3v) is 19.4. The Hall–Kier alpha value is -6.65. The molecular formula is C55H64F2N11O5P. The molecule has 0 saturated carbocycles. The number of hydrogen-bond acceptors (Lipinski definition) is 13. The molecule has 3 amide bonds. The fourth-order valence-corrected chi connectivity index (χ4v) is 15.3. The molecule has 3 aromatic carbocycles. The van der Waals surface area contributed by atoms with Crippen molar-refractivity contribution in [1.82, 2.24) is 35.1 Å². The second kappa shape index (κ2) is 20.2.